The van der Waals surface area contributed by atoms with E-state index in [2.05, 4.69) is 28.5 Å². The van der Waals surface area contributed by atoms with Crippen LogP contribution in [0.5, 0.6) is 11.5 Å². The maximum Gasteiger partial charge on any atom is 0.263 e. The predicted octanol–water partition coefficient (Wildman–Crippen LogP) is 4.66. The molecule has 2 aromatic heterocycles. The molecule has 5 rings (SSSR count). The third kappa shape index (κ3) is 4.17. The van der Waals surface area contributed by atoms with Crippen LogP contribution >= 0.6 is 11.3 Å². The second-order valence-corrected chi connectivity index (χ2v) is 9.17. The maximum absolute atomic E-state index is 13.4. The minimum Gasteiger partial charge on any atom is -0.497 e. The third-order valence-corrected chi connectivity index (χ3v) is 7.10. The molecule has 174 valence electrons. The quantitative estimate of drug-likeness (QED) is 0.439. The summed E-state index contributed by atoms with van der Waals surface area (Å²) in [6.07, 6.45) is 6.04. The summed E-state index contributed by atoms with van der Waals surface area (Å²) in [4.78, 5) is 31.3. The van der Waals surface area contributed by atoms with E-state index in [9.17, 15) is 9.59 Å². The Morgan fingerprint density at radius 3 is 2.71 bits per heavy atom. The van der Waals surface area contributed by atoms with Crippen molar-refractivity contribution in [2.45, 2.75) is 32.2 Å². The number of fused-ring (bicyclic) bond motifs is 2. The molecule has 0 spiro atoms. The molecular formula is C26H25N3O4S. The average molecular weight is 476 g/mol. The molecule has 0 radical (unpaired) electrons. The van der Waals surface area contributed by atoms with Gasteiger partial charge in [-0.25, -0.2) is 4.98 Å². The van der Waals surface area contributed by atoms with Gasteiger partial charge in [-0.05, 0) is 54.5 Å². The van der Waals surface area contributed by atoms with Gasteiger partial charge in [-0.2, -0.15) is 0 Å². The van der Waals surface area contributed by atoms with Crippen LogP contribution in [0.25, 0.3) is 21.3 Å². The Hall–Kier alpha value is -3.65. The van der Waals surface area contributed by atoms with Crippen LogP contribution < -0.4 is 20.3 Å². The number of methoxy groups -OCH3 is 2. The van der Waals surface area contributed by atoms with Crippen LogP contribution in [0.1, 0.15) is 24.0 Å². The van der Waals surface area contributed by atoms with Crippen LogP contribution in [-0.2, 0) is 24.2 Å². The normalized spacial score (nSPS) is 12.9. The summed E-state index contributed by atoms with van der Waals surface area (Å²) in [5, 5.41) is 5.34. The van der Waals surface area contributed by atoms with Crippen LogP contribution in [0.15, 0.2) is 52.9 Å². The van der Waals surface area contributed by atoms with Crippen LogP contribution in [0, 0.1) is 0 Å². The first-order valence-electron chi connectivity index (χ1n) is 11.2. The fourth-order valence-corrected chi connectivity index (χ4v) is 5.36. The van der Waals surface area contributed by atoms with Gasteiger partial charge in [0, 0.05) is 17.0 Å². The molecule has 1 aliphatic rings. The molecular weight excluding hydrogens is 450 g/mol. The molecule has 0 saturated carbocycles. The van der Waals surface area contributed by atoms with Gasteiger partial charge in [0.2, 0.25) is 5.91 Å². The number of rotatable bonds is 6. The fourth-order valence-electron chi connectivity index (χ4n) is 4.45. The van der Waals surface area contributed by atoms with Crippen molar-refractivity contribution in [2.24, 2.45) is 0 Å². The Morgan fingerprint density at radius 1 is 1.09 bits per heavy atom. The van der Waals surface area contributed by atoms with Gasteiger partial charge >= 0.3 is 0 Å². The molecule has 8 heteroatoms. The van der Waals surface area contributed by atoms with Crippen LogP contribution in [0.4, 0.5) is 5.69 Å². The van der Waals surface area contributed by atoms with Crippen molar-refractivity contribution < 1.29 is 14.3 Å². The second-order valence-electron chi connectivity index (χ2n) is 8.31. The number of thiophene rings is 1. The van der Waals surface area contributed by atoms with E-state index in [0.29, 0.717) is 27.4 Å². The second kappa shape index (κ2) is 9.30. The smallest absolute Gasteiger partial charge is 0.263 e. The van der Waals surface area contributed by atoms with Crippen molar-refractivity contribution in [3.05, 3.63) is 69.6 Å². The van der Waals surface area contributed by atoms with Crippen LogP contribution in [0.3, 0.4) is 0 Å². The van der Waals surface area contributed by atoms with E-state index in [0.717, 1.165) is 24.0 Å². The Labute approximate surface area is 201 Å². The SMILES string of the molecule is COc1ccc(OC)c(NC(=O)Cn2cnc3scc(-c4ccc5c(c4)CCCC5)c3c2=O)c1. The van der Waals surface area contributed by atoms with Gasteiger partial charge in [0.15, 0.2) is 0 Å². The summed E-state index contributed by atoms with van der Waals surface area (Å²) in [6, 6.07) is 11.6. The summed E-state index contributed by atoms with van der Waals surface area (Å²) < 4.78 is 11.9. The largest absolute Gasteiger partial charge is 0.497 e. The van der Waals surface area contributed by atoms with Gasteiger partial charge in [-0.1, -0.05) is 18.2 Å². The molecule has 0 saturated heterocycles. The molecule has 0 unspecified atom stereocenters. The lowest BCUT2D eigenvalue weighted by Crippen LogP contribution is -2.28. The maximum atomic E-state index is 13.4. The fraction of sp³-hybridized carbons (Fsp3) is 0.269. The van der Waals surface area contributed by atoms with Gasteiger partial charge in [0.1, 0.15) is 22.9 Å². The Balaban J connectivity index is 1.45. The zero-order valence-electron chi connectivity index (χ0n) is 19.1. The Kier molecular flexibility index (Phi) is 6.06. The standard InChI is InChI=1S/C26H25N3O4S/c1-32-19-9-10-22(33-2)21(12-19)28-23(30)13-29-15-27-25-24(26(29)31)20(14-34-25)18-8-7-16-5-3-4-6-17(16)11-18/h7-12,14-15H,3-6,13H2,1-2H3,(H,28,30). The van der Waals surface area contributed by atoms with Crippen molar-refractivity contribution in [3.8, 4) is 22.6 Å². The lowest BCUT2D eigenvalue weighted by molar-refractivity contribution is -0.116. The highest BCUT2D eigenvalue weighted by atomic mass is 32.1. The van der Waals surface area contributed by atoms with Crippen molar-refractivity contribution in [2.75, 3.05) is 19.5 Å². The summed E-state index contributed by atoms with van der Waals surface area (Å²) >= 11 is 1.44. The number of benzene rings is 2. The van der Waals surface area contributed by atoms with Crippen molar-refractivity contribution in [3.63, 3.8) is 0 Å². The van der Waals surface area contributed by atoms with Crippen molar-refractivity contribution in [1.82, 2.24) is 9.55 Å². The zero-order chi connectivity index (χ0) is 23.7. The molecule has 0 bridgehead atoms. The summed E-state index contributed by atoms with van der Waals surface area (Å²) in [7, 11) is 3.08. The highest BCUT2D eigenvalue weighted by Crippen LogP contribution is 2.33. The van der Waals surface area contributed by atoms with Gasteiger partial charge in [0.25, 0.3) is 5.56 Å². The number of nitrogens with one attached hydrogen (secondary N) is 1. The third-order valence-electron chi connectivity index (χ3n) is 6.21. The number of anilines is 1. The molecule has 1 N–H and O–H groups in total. The zero-order valence-corrected chi connectivity index (χ0v) is 19.9. The lowest BCUT2D eigenvalue weighted by Gasteiger charge is -2.16. The average Bonchev–Trinajstić information content (AvgIpc) is 3.30. The number of ether oxygens (including phenoxy) is 2. The van der Waals surface area contributed by atoms with Gasteiger partial charge in [-0.3, -0.25) is 14.2 Å². The van der Waals surface area contributed by atoms with E-state index in [1.807, 2.05) is 5.38 Å². The monoisotopic (exact) mass is 475 g/mol. The molecule has 2 heterocycles. The molecule has 34 heavy (non-hydrogen) atoms. The highest BCUT2D eigenvalue weighted by molar-refractivity contribution is 7.17. The van der Waals surface area contributed by atoms with E-state index < -0.39 is 0 Å². The minimum absolute atomic E-state index is 0.165. The number of aromatic nitrogens is 2. The van der Waals surface area contributed by atoms with E-state index in [-0.39, 0.29) is 18.0 Å². The molecule has 1 aliphatic carbocycles. The number of hydrogen-bond donors (Lipinski definition) is 1. The van der Waals surface area contributed by atoms with Crippen molar-refractivity contribution >= 4 is 33.1 Å². The molecule has 4 aromatic rings. The van der Waals surface area contributed by atoms with E-state index in [1.165, 1.54) is 53.3 Å². The minimum atomic E-state index is -0.361. The Morgan fingerprint density at radius 2 is 1.91 bits per heavy atom. The number of nitrogens with zero attached hydrogens (tertiary/aromatic N) is 2. The van der Waals surface area contributed by atoms with Crippen LogP contribution in [-0.4, -0.2) is 29.7 Å². The molecule has 0 atom stereocenters. The molecule has 2 aromatic carbocycles. The number of carbonyl (C=O) groups is 1. The molecule has 7 nitrogen and oxygen atoms in total. The Bertz CT molecular complexity index is 1440. The molecule has 0 fully saturated rings. The molecule has 1 amide bonds. The lowest BCUT2D eigenvalue weighted by atomic mass is 9.89. The summed E-state index contributed by atoms with van der Waals surface area (Å²) in [5.41, 5.74) is 4.89. The number of hydrogen-bond acceptors (Lipinski definition) is 6. The predicted molar refractivity (Wildman–Crippen MR) is 134 cm³/mol. The van der Waals surface area contributed by atoms with Crippen molar-refractivity contribution in [1.29, 1.82) is 0 Å². The summed E-state index contributed by atoms with van der Waals surface area (Å²) in [5.74, 6) is 0.729. The van der Waals surface area contributed by atoms with E-state index in [4.69, 9.17) is 9.47 Å². The first kappa shape index (κ1) is 22.2. The molecule has 0 aliphatic heterocycles. The van der Waals surface area contributed by atoms with E-state index >= 15 is 0 Å². The van der Waals surface area contributed by atoms with Gasteiger partial charge < -0.3 is 14.8 Å². The van der Waals surface area contributed by atoms with Gasteiger partial charge in [-0.15, -0.1) is 11.3 Å². The van der Waals surface area contributed by atoms with E-state index in [1.54, 1.807) is 25.3 Å². The first-order valence-corrected chi connectivity index (χ1v) is 12.1. The van der Waals surface area contributed by atoms with Gasteiger partial charge in [0.05, 0.1) is 31.6 Å². The number of carbonyl (C=O) groups excluding carboxylic acids is 1. The first-order chi connectivity index (χ1) is 16.6. The highest BCUT2D eigenvalue weighted by Gasteiger charge is 2.17. The topological polar surface area (TPSA) is 82.4 Å². The van der Waals surface area contributed by atoms with Crippen LogP contribution in [0.2, 0.25) is 0 Å². The summed E-state index contributed by atoms with van der Waals surface area (Å²) in [6.45, 7) is -0.165. The number of amides is 1. The number of aryl methyl sites for hydroxylation is 2.